The van der Waals surface area contributed by atoms with Crippen molar-refractivity contribution >= 4 is 104 Å². The smallest absolute Gasteiger partial charge is 0.333 e. The van der Waals surface area contributed by atoms with Crippen LogP contribution < -0.4 is 15.7 Å². The first-order valence-corrected chi connectivity index (χ1v) is 23.7. The van der Waals surface area contributed by atoms with Gasteiger partial charge in [-0.05, 0) is 104 Å². The first-order chi connectivity index (χ1) is 30.8. The molecule has 64 heavy (non-hydrogen) atoms. The minimum atomic E-state index is -0.165. The number of furan rings is 1. The second-order valence-electron chi connectivity index (χ2n) is 21.3. The standard InChI is InChI=1S/C59H47BN2OS/c1-57(2,3)32-21-24-34(25-22-32)62-46-31-49-39(36-16-10-13-19-48(36)63-49)28-41(46)53-54-55-51(52-37-17-11-14-20-50(37)64-56(52)53)40-27-33(58(4,5)6)23-26-45(40)61(55)47-29-38-35-15-9-12-18-42(35)59(7,8)43(38)30-44(47)60(54)62/h9-31H,1-8H3. The van der Waals surface area contributed by atoms with Crippen LogP contribution >= 0.6 is 11.3 Å². The van der Waals surface area contributed by atoms with Gasteiger partial charge in [0.1, 0.15) is 11.2 Å². The van der Waals surface area contributed by atoms with Gasteiger partial charge in [0.2, 0.25) is 0 Å². The molecule has 14 rings (SSSR count). The van der Waals surface area contributed by atoms with Gasteiger partial charge in [-0.3, -0.25) is 0 Å². The summed E-state index contributed by atoms with van der Waals surface area (Å²) in [5, 5.41) is 7.69. The monoisotopic (exact) mass is 842 g/mol. The fraction of sp³-hybridized carbons (Fsp3) is 0.186. The Hall–Kier alpha value is -6.56. The van der Waals surface area contributed by atoms with E-state index in [-0.39, 0.29) is 23.1 Å². The molecule has 5 heteroatoms. The van der Waals surface area contributed by atoms with E-state index in [2.05, 4.69) is 204 Å². The number of aromatic nitrogens is 1. The van der Waals surface area contributed by atoms with Crippen LogP contribution in [0.25, 0.3) is 91.9 Å². The number of hydrogen-bond acceptors (Lipinski definition) is 3. The van der Waals surface area contributed by atoms with Gasteiger partial charge in [0.05, 0.1) is 11.0 Å². The predicted molar refractivity (Wildman–Crippen MR) is 275 cm³/mol. The molecule has 0 saturated heterocycles. The minimum Gasteiger partial charge on any atom is -0.456 e. The van der Waals surface area contributed by atoms with Gasteiger partial charge in [-0.15, -0.1) is 11.3 Å². The zero-order valence-corrected chi connectivity index (χ0v) is 38.4. The van der Waals surface area contributed by atoms with Crippen LogP contribution in [0.4, 0.5) is 11.4 Å². The molecule has 1 aliphatic carbocycles. The van der Waals surface area contributed by atoms with Crippen molar-refractivity contribution in [3.05, 3.63) is 162 Å². The fourth-order valence-electron chi connectivity index (χ4n) is 12.1. The molecule has 8 aromatic carbocycles. The highest BCUT2D eigenvalue weighted by atomic mass is 32.1. The number of anilines is 2. The van der Waals surface area contributed by atoms with Gasteiger partial charge < -0.3 is 13.8 Å². The molecular weight excluding hydrogens is 796 g/mol. The normalized spacial score (nSPS) is 14.9. The third-order valence-electron chi connectivity index (χ3n) is 15.3. The lowest BCUT2D eigenvalue weighted by Crippen LogP contribution is -2.60. The van der Waals surface area contributed by atoms with E-state index in [4.69, 9.17) is 4.42 Å². The summed E-state index contributed by atoms with van der Waals surface area (Å²) in [6, 6.07) is 53.6. The highest BCUT2D eigenvalue weighted by Gasteiger charge is 2.48. The summed E-state index contributed by atoms with van der Waals surface area (Å²) < 4.78 is 12.1. The molecule has 0 atom stereocenters. The Morgan fingerprint density at radius 1 is 0.562 bits per heavy atom. The number of nitrogens with zero attached hydrogens (tertiary/aromatic N) is 2. The molecule has 0 N–H and O–H groups in total. The summed E-state index contributed by atoms with van der Waals surface area (Å²) in [7, 11) is 0. The van der Waals surface area contributed by atoms with Crippen LogP contribution in [-0.4, -0.2) is 11.4 Å². The maximum Gasteiger partial charge on any atom is 0.333 e. The van der Waals surface area contributed by atoms with Gasteiger partial charge in [-0.25, -0.2) is 0 Å². The van der Waals surface area contributed by atoms with Gasteiger partial charge in [-0.1, -0.05) is 140 Å². The lowest BCUT2D eigenvalue weighted by Gasteiger charge is -2.42. The Bertz CT molecular complexity index is 3900. The number of benzene rings is 8. The van der Waals surface area contributed by atoms with E-state index < -0.39 is 0 Å². The molecule has 2 aliphatic heterocycles. The van der Waals surface area contributed by atoms with Crippen molar-refractivity contribution < 1.29 is 4.42 Å². The molecule has 11 aromatic rings. The SMILES string of the molecule is CC(C)(C)c1ccc(N2B3c4cc5c(cc4-n4c6ccc(C(C)(C)C)cc6c6c7c(sc8ccccc87)c(c3c64)-c3cc4c(cc32)oc2ccccc24)-c2ccccc2C5(C)C)cc1. The zero-order chi connectivity index (χ0) is 43.3. The lowest BCUT2D eigenvalue weighted by molar-refractivity contribution is 0.590. The highest BCUT2D eigenvalue weighted by Crippen LogP contribution is 2.55. The van der Waals surface area contributed by atoms with Crippen molar-refractivity contribution in [3.63, 3.8) is 0 Å². The molecule has 3 nitrogen and oxygen atoms in total. The molecule has 0 amide bonds. The van der Waals surface area contributed by atoms with E-state index in [1.807, 2.05) is 11.3 Å². The molecule has 0 radical (unpaired) electrons. The van der Waals surface area contributed by atoms with Crippen molar-refractivity contribution in [2.75, 3.05) is 4.81 Å². The zero-order valence-electron chi connectivity index (χ0n) is 37.6. The van der Waals surface area contributed by atoms with Crippen LogP contribution in [0.1, 0.15) is 77.6 Å². The van der Waals surface area contributed by atoms with Crippen LogP contribution in [0.2, 0.25) is 0 Å². The van der Waals surface area contributed by atoms with Crippen molar-refractivity contribution in [1.29, 1.82) is 0 Å². The van der Waals surface area contributed by atoms with E-state index >= 15 is 0 Å². The lowest BCUT2D eigenvalue weighted by atomic mass is 9.43. The Morgan fingerprint density at radius 2 is 1.28 bits per heavy atom. The first kappa shape index (κ1) is 36.9. The Balaban J connectivity index is 1.23. The second kappa shape index (κ2) is 12.0. The Labute approximate surface area is 377 Å². The number of rotatable bonds is 1. The third-order valence-corrected chi connectivity index (χ3v) is 16.5. The number of para-hydroxylation sites is 1. The molecule has 5 heterocycles. The van der Waals surface area contributed by atoms with Crippen molar-refractivity contribution in [1.82, 2.24) is 4.57 Å². The largest absolute Gasteiger partial charge is 0.456 e. The van der Waals surface area contributed by atoms with Crippen molar-refractivity contribution in [3.8, 4) is 27.9 Å². The predicted octanol–water partition coefficient (Wildman–Crippen LogP) is 15.2. The molecule has 0 fully saturated rings. The van der Waals surface area contributed by atoms with E-state index in [1.54, 1.807) is 0 Å². The van der Waals surface area contributed by atoms with Crippen LogP contribution in [0, 0.1) is 0 Å². The maximum absolute atomic E-state index is 6.78. The molecule has 0 saturated carbocycles. The summed E-state index contributed by atoms with van der Waals surface area (Å²) >= 11 is 1.96. The van der Waals surface area contributed by atoms with Gasteiger partial charge in [0.15, 0.2) is 0 Å². The summed E-state index contributed by atoms with van der Waals surface area (Å²) in [6.07, 6.45) is 0. The number of hydrogen-bond donors (Lipinski definition) is 0. The van der Waals surface area contributed by atoms with Crippen LogP contribution in [-0.2, 0) is 16.2 Å². The first-order valence-electron chi connectivity index (χ1n) is 22.9. The van der Waals surface area contributed by atoms with Crippen LogP contribution in [0.3, 0.4) is 0 Å². The molecule has 0 unspecified atom stereocenters. The van der Waals surface area contributed by atoms with E-state index in [9.17, 15) is 0 Å². The quantitative estimate of drug-likeness (QED) is 0.154. The van der Waals surface area contributed by atoms with Gasteiger partial charge in [0, 0.05) is 81.4 Å². The van der Waals surface area contributed by atoms with Crippen molar-refractivity contribution in [2.24, 2.45) is 0 Å². The third kappa shape index (κ3) is 4.58. The minimum absolute atomic E-state index is 0.0168. The maximum atomic E-state index is 6.78. The molecule has 0 bridgehead atoms. The fourth-order valence-corrected chi connectivity index (χ4v) is 13.3. The van der Waals surface area contributed by atoms with Crippen LogP contribution in [0.5, 0.6) is 0 Å². The Kier molecular flexibility index (Phi) is 6.89. The highest BCUT2D eigenvalue weighted by molar-refractivity contribution is 7.27. The summed E-state index contributed by atoms with van der Waals surface area (Å²) in [6.45, 7) is 18.7. The van der Waals surface area contributed by atoms with Crippen molar-refractivity contribution in [2.45, 2.75) is 71.6 Å². The summed E-state index contributed by atoms with van der Waals surface area (Å²) in [5.41, 5.74) is 21.4. The van der Waals surface area contributed by atoms with Gasteiger partial charge >= 0.3 is 6.85 Å². The molecule has 308 valence electrons. The number of fused-ring (bicyclic) bond motifs is 19. The van der Waals surface area contributed by atoms with E-state index in [1.165, 1.54) is 114 Å². The Morgan fingerprint density at radius 3 is 2.08 bits per heavy atom. The van der Waals surface area contributed by atoms with Crippen LogP contribution in [0.15, 0.2) is 144 Å². The molecular formula is C59H47BN2OS. The molecule has 3 aliphatic rings. The average Bonchev–Trinajstić information content (AvgIpc) is 4.00. The average molecular weight is 843 g/mol. The van der Waals surface area contributed by atoms with Gasteiger partial charge in [0.25, 0.3) is 0 Å². The summed E-state index contributed by atoms with van der Waals surface area (Å²) in [5.74, 6) is 0. The van der Waals surface area contributed by atoms with Gasteiger partial charge in [-0.2, -0.15) is 0 Å². The summed E-state index contributed by atoms with van der Waals surface area (Å²) in [4.78, 5) is 2.68. The van der Waals surface area contributed by atoms with E-state index in [0.717, 1.165) is 21.9 Å². The molecule has 3 aromatic heterocycles. The number of thiophene rings is 1. The van der Waals surface area contributed by atoms with E-state index in [0.29, 0.717) is 0 Å². The topological polar surface area (TPSA) is 21.3 Å². The second-order valence-corrected chi connectivity index (χ2v) is 22.3. The molecule has 0 spiro atoms.